The fourth-order valence-corrected chi connectivity index (χ4v) is 6.45. The molecular weight excluding hydrogens is 314 g/mol. The molecule has 1 amide bonds. The summed E-state index contributed by atoms with van der Waals surface area (Å²) in [6, 6.07) is 0.448. The van der Waals surface area contributed by atoms with Gasteiger partial charge in [-0.1, -0.05) is 15.9 Å². The Kier molecular flexibility index (Phi) is 3.40. The van der Waals surface area contributed by atoms with E-state index in [4.69, 9.17) is 0 Å². The van der Waals surface area contributed by atoms with E-state index in [1.807, 2.05) is 0 Å². The predicted octanol–water partition coefficient (Wildman–Crippen LogP) is 4.03. The summed E-state index contributed by atoms with van der Waals surface area (Å²) in [4.78, 5) is 13.6. The lowest BCUT2D eigenvalue weighted by atomic mass is 9.49. The Hall–Kier alpha value is -0.0500. The van der Waals surface area contributed by atoms with Crippen LogP contribution in [0.3, 0.4) is 0 Å². The molecule has 2 nitrogen and oxygen atoms in total. The van der Waals surface area contributed by atoms with E-state index in [1.54, 1.807) is 0 Å². The largest absolute Gasteiger partial charge is 0.353 e. The van der Waals surface area contributed by atoms with Gasteiger partial charge in [-0.2, -0.15) is 0 Å². The third-order valence-electron chi connectivity index (χ3n) is 6.51. The molecule has 5 fully saturated rings. The van der Waals surface area contributed by atoms with Gasteiger partial charge >= 0.3 is 0 Å². The molecule has 5 aliphatic carbocycles. The summed E-state index contributed by atoms with van der Waals surface area (Å²) in [7, 11) is 0. The smallest absolute Gasteiger partial charge is 0.226 e. The normalized spacial score (nSPS) is 50.1. The van der Waals surface area contributed by atoms with Crippen molar-refractivity contribution in [1.29, 1.82) is 0 Å². The zero-order valence-corrected chi connectivity index (χ0v) is 13.8. The lowest BCUT2D eigenvalue weighted by Crippen LogP contribution is -2.55. The van der Waals surface area contributed by atoms with Crippen LogP contribution in [0.1, 0.15) is 64.2 Å². The molecule has 0 heterocycles. The van der Waals surface area contributed by atoms with Gasteiger partial charge in [-0.05, 0) is 82.0 Å². The van der Waals surface area contributed by atoms with E-state index in [0.29, 0.717) is 16.8 Å². The van der Waals surface area contributed by atoms with Crippen LogP contribution in [0.15, 0.2) is 0 Å². The quantitative estimate of drug-likeness (QED) is 0.756. The van der Waals surface area contributed by atoms with E-state index in [0.717, 1.165) is 30.6 Å². The van der Waals surface area contributed by atoms with Crippen molar-refractivity contribution < 1.29 is 4.79 Å². The van der Waals surface area contributed by atoms with E-state index >= 15 is 0 Å². The highest BCUT2D eigenvalue weighted by atomic mass is 79.9. The molecule has 0 aromatic carbocycles. The maximum Gasteiger partial charge on any atom is 0.226 e. The molecule has 0 unspecified atom stereocenters. The highest BCUT2D eigenvalue weighted by molar-refractivity contribution is 9.09. The molecule has 3 heteroatoms. The zero-order valence-electron chi connectivity index (χ0n) is 12.2. The summed E-state index contributed by atoms with van der Waals surface area (Å²) in [5.74, 6) is 3.02. The van der Waals surface area contributed by atoms with Crippen molar-refractivity contribution in [1.82, 2.24) is 5.32 Å². The van der Waals surface area contributed by atoms with Gasteiger partial charge in [-0.25, -0.2) is 0 Å². The fraction of sp³-hybridized carbons (Fsp3) is 0.941. The van der Waals surface area contributed by atoms with Gasteiger partial charge in [0, 0.05) is 16.3 Å². The fourth-order valence-electron chi connectivity index (χ4n) is 5.92. The summed E-state index contributed by atoms with van der Waals surface area (Å²) in [6.07, 6.45) is 12.6. The van der Waals surface area contributed by atoms with Gasteiger partial charge in [0.15, 0.2) is 0 Å². The third kappa shape index (κ3) is 2.34. The van der Waals surface area contributed by atoms with Crippen molar-refractivity contribution in [2.45, 2.75) is 75.1 Å². The minimum Gasteiger partial charge on any atom is -0.353 e. The number of carbonyl (C=O) groups is 1. The molecule has 0 aromatic heterocycles. The Morgan fingerprint density at radius 2 is 1.40 bits per heavy atom. The predicted molar refractivity (Wildman–Crippen MR) is 83.7 cm³/mol. The second kappa shape index (κ2) is 5.00. The molecule has 0 radical (unpaired) electrons. The molecule has 5 rings (SSSR count). The number of halogens is 1. The van der Waals surface area contributed by atoms with Crippen LogP contribution in [0.25, 0.3) is 0 Å². The molecule has 1 N–H and O–H groups in total. The first-order valence-corrected chi connectivity index (χ1v) is 9.49. The van der Waals surface area contributed by atoms with E-state index in [-0.39, 0.29) is 5.41 Å². The Morgan fingerprint density at radius 1 is 0.900 bits per heavy atom. The van der Waals surface area contributed by atoms with Crippen molar-refractivity contribution in [3.05, 3.63) is 0 Å². The molecule has 0 saturated heterocycles. The Labute approximate surface area is 130 Å². The van der Waals surface area contributed by atoms with Crippen LogP contribution in [0.4, 0.5) is 0 Å². The summed E-state index contributed by atoms with van der Waals surface area (Å²) in [5.41, 5.74) is 0.0417. The minimum atomic E-state index is 0.0417. The number of hydrogen-bond acceptors (Lipinski definition) is 1. The molecule has 4 bridgehead atoms. The molecular formula is C17H26BrNO. The Balaban J connectivity index is 1.43. The van der Waals surface area contributed by atoms with Crippen LogP contribution in [0.2, 0.25) is 0 Å². The van der Waals surface area contributed by atoms with Crippen LogP contribution in [-0.2, 0) is 4.79 Å². The first-order chi connectivity index (χ1) is 9.63. The minimum absolute atomic E-state index is 0.0417. The van der Waals surface area contributed by atoms with Crippen molar-refractivity contribution in [2.75, 3.05) is 0 Å². The topological polar surface area (TPSA) is 29.1 Å². The molecule has 0 aliphatic heterocycles. The summed E-state index contributed by atoms with van der Waals surface area (Å²) >= 11 is 3.70. The molecule has 0 atom stereocenters. The van der Waals surface area contributed by atoms with E-state index in [1.165, 1.54) is 51.4 Å². The van der Waals surface area contributed by atoms with Gasteiger partial charge in [0.2, 0.25) is 5.91 Å². The number of alkyl halides is 1. The van der Waals surface area contributed by atoms with Crippen molar-refractivity contribution >= 4 is 21.8 Å². The van der Waals surface area contributed by atoms with Crippen molar-refractivity contribution in [2.24, 2.45) is 23.2 Å². The molecule has 0 aromatic rings. The highest BCUT2D eigenvalue weighted by Crippen LogP contribution is 2.60. The van der Waals surface area contributed by atoms with Gasteiger partial charge < -0.3 is 5.32 Å². The molecule has 5 aliphatic rings. The van der Waals surface area contributed by atoms with E-state index in [9.17, 15) is 4.79 Å². The number of carbonyl (C=O) groups excluding carboxylic acids is 1. The van der Waals surface area contributed by atoms with Crippen molar-refractivity contribution in [3.8, 4) is 0 Å². The van der Waals surface area contributed by atoms with Crippen LogP contribution in [0, 0.1) is 23.2 Å². The lowest BCUT2D eigenvalue weighted by molar-refractivity contribution is -0.147. The van der Waals surface area contributed by atoms with Crippen LogP contribution in [0.5, 0.6) is 0 Å². The second-order valence-corrected chi connectivity index (χ2v) is 9.42. The maximum absolute atomic E-state index is 12.9. The number of hydrogen-bond donors (Lipinski definition) is 1. The average Bonchev–Trinajstić information content (AvgIpc) is 2.40. The number of nitrogens with one attached hydrogen (secondary N) is 1. The van der Waals surface area contributed by atoms with Crippen LogP contribution < -0.4 is 5.32 Å². The van der Waals surface area contributed by atoms with Gasteiger partial charge in [-0.3, -0.25) is 4.79 Å². The summed E-state index contributed by atoms with van der Waals surface area (Å²) in [6.45, 7) is 0. The Bertz CT molecular complexity index is 365. The zero-order chi connectivity index (χ0) is 13.7. The summed E-state index contributed by atoms with van der Waals surface area (Å²) in [5, 5.41) is 3.44. The highest BCUT2D eigenvalue weighted by Gasteiger charge is 2.54. The molecule has 112 valence electrons. The van der Waals surface area contributed by atoms with Gasteiger partial charge in [0.25, 0.3) is 0 Å². The first-order valence-electron chi connectivity index (χ1n) is 8.58. The lowest BCUT2D eigenvalue weighted by Gasteiger charge is -2.56. The van der Waals surface area contributed by atoms with Crippen LogP contribution >= 0.6 is 15.9 Å². The van der Waals surface area contributed by atoms with Gasteiger partial charge in [0.05, 0.1) is 0 Å². The molecule has 5 saturated carbocycles. The van der Waals surface area contributed by atoms with Gasteiger partial charge in [0.1, 0.15) is 0 Å². The SMILES string of the molecule is O=C(NC1CCC(Br)CC1)C12CC3CC(CC(C3)C1)C2. The first kappa shape index (κ1) is 13.6. The van der Waals surface area contributed by atoms with Gasteiger partial charge in [-0.15, -0.1) is 0 Å². The number of rotatable bonds is 2. The maximum atomic E-state index is 12.9. The average molecular weight is 340 g/mol. The number of amides is 1. The van der Waals surface area contributed by atoms with E-state index in [2.05, 4.69) is 21.2 Å². The second-order valence-electron chi connectivity index (χ2n) is 8.12. The standard InChI is InChI=1S/C17H26BrNO/c18-14-1-3-15(4-2-14)19-16(20)17-8-11-5-12(9-17)7-13(6-11)10-17/h11-15H,1-10H2,(H,19,20). The van der Waals surface area contributed by atoms with Crippen molar-refractivity contribution in [3.63, 3.8) is 0 Å². The monoisotopic (exact) mass is 339 g/mol. The Morgan fingerprint density at radius 3 is 1.90 bits per heavy atom. The molecule has 20 heavy (non-hydrogen) atoms. The summed E-state index contributed by atoms with van der Waals surface area (Å²) < 4.78 is 0. The molecule has 0 spiro atoms. The van der Waals surface area contributed by atoms with Crippen LogP contribution in [-0.4, -0.2) is 16.8 Å². The third-order valence-corrected chi connectivity index (χ3v) is 7.43. The van der Waals surface area contributed by atoms with E-state index < -0.39 is 0 Å².